The molecule has 1 aliphatic carbocycles. The molecular formula is C11H17F2N3. The quantitative estimate of drug-likeness (QED) is 0.860. The molecule has 1 aromatic heterocycles. The first kappa shape index (κ1) is 11.4. The average Bonchev–Trinajstić information content (AvgIpc) is 2.77. The molecule has 0 unspecified atom stereocenters. The summed E-state index contributed by atoms with van der Waals surface area (Å²) in [6.45, 7) is 1.54. The lowest BCUT2D eigenvalue weighted by Gasteiger charge is -2.14. The molecule has 5 heteroatoms. The van der Waals surface area contributed by atoms with Gasteiger partial charge in [-0.1, -0.05) is 12.8 Å². The van der Waals surface area contributed by atoms with Crippen LogP contribution < -0.4 is 5.32 Å². The summed E-state index contributed by atoms with van der Waals surface area (Å²) in [6.07, 6.45) is 3.99. The molecular weight excluding hydrogens is 212 g/mol. The summed E-state index contributed by atoms with van der Waals surface area (Å²) in [5.41, 5.74) is 0.779. The molecule has 90 valence electrons. The van der Waals surface area contributed by atoms with Gasteiger partial charge in [0.2, 0.25) is 5.95 Å². The number of alkyl halides is 2. The Bertz CT molecular complexity index is 343. The SMILES string of the molecule is Cc1cn(CC(F)F)c(NC2CCCC2)n1. The number of aromatic nitrogens is 2. The maximum atomic E-state index is 12.3. The molecule has 1 saturated carbocycles. The Morgan fingerprint density at radius 1 is 1.50 bits per heavy atom. The number of anilines is 1. The normalized spacial score (nSPS) is 17.2. The number of imidazole rings is 1. The van der Waals surface area contributed by atoms with E-state index in [1.807, 2.05) is 6.92 Å². The zero-order valence-electron chi connectivity index (χ0n) is 9.42. The van der Waals surface area contributed by atoms with E-state index in [-0.39, 0.29) is 6.54 Å². The van der Waals surface area contributed by atoms with Gasteiger partial charge in [0.15, 0.2) is 0 Å². The minimum atomic E-state index is -2.34. The van der Waals surface area contributed by atoms with Crippen LogP contribution in [-0.4, -0.2) is 22.0 Å². The maximum Gasteiger partial charge on any atom is 0.256 e. The standard InChI is InChI=1S/C11H17F2N3/c1-8-6-16(7-10(12)13)11(14-8)15-9-4-2-3-5-9/h6,9-10H,2-5,7H2,1H3,(H,14,15). The lowest BCUT2D eigenvalue weighted by atomic mass is 10.2. The van der Waals surface area contributed by atoms with Gasteiger partial charge < -0.3 is 9.88 Å². The van der Waals surface area contributed by atoms with Gasteiger partial charge in [-0.25, -0.2) is 13.8 Å². The summed E-state index contributed by atoms with van der Waals surface area (Å²) in [4.78, 5) is 4.25. The lowest BCUT2D eigenvalue weighted by Crippen LogP contribution is -2.19. The van der Waals surface area contributed by atoms with Crippen LogP contribution in [-0.2, 0) is 6.54 Å². The Labute approximate surface area is 93.9 Å². The van der Waals surface area contributed by atoms with Gasteiger partial charge in [-0.15, -0.1) is 0 Å². The van der Waals surface area contributed by atoms with Crippen LogP contribution in [0.2, 0.25) is 0 Å². The minimum absolute atomic E-state index is 0.282. The van der Waals surface area contributed by atoms with E-state index in [1.54, 1.807) is 6.20 Å². The first-order valence-corrected chi connectivity index (χ1v) is 5.73. The highest BCUT2D eigenvalue weighted by atomic mass is 19.3. The van der Waals surface area contributed by atoms with Crippen molar-refractivity contribution in [2.75, 3.05) is 5.32 Å². The number of aryl methyl sites for hydroxylation is 1. The predicted molar refractivity (Wildman–Crippen MR) is 58.8 cm³/mol. The summed E-state index contributed by atoms with van der Waals surface area (Å²) in [5, 5.41) is 3.25. The summed E-state index contributed by atoms with van der Waals surface area (Å²) in [7, 11) is 0. The van der Waals surface area contributed by atoms with E-state index in [2.05, 4.69) is 10.3 Å². The second-order valence-corrected chi connectivity index (χ2v) is 4.38. The van der Waals surface area contributed by atoms with E-state index in [0.29, 0.717) is 12.0 Å². The second-order valence-electron chi connectivity index (χ2n) is 4.38. The van der Waals surface area contributed by atoms with Gasteiger partial charge in [0.05, 0.1) is 12.2 Å². The molecule has 1 aromatic rings. The van der Waals surface area contributed by atoms with Crippen molar-refractivity contribution in [2.45, 2.75) is 51.6 Å². The summed E-state index contributed by atoms with van der Waals surface area (Å²) < 4.78 is 26.2. The molecule has 0 spiro atoms. The van der Waals surface area contributed by atoms with E-state index in [1.165, 1.54) is 17.4 Å². The summed E-state index contributed by atoms with van der Waals surface area (Å²) in [5.74, 6) is 0.588. The number of nitrogens with zero attached hydrogens (tertiary/aromatic N) is 2. The molecule has 2 rings (SSSR count). The van der Waals surface area contributed by atoms with Crippen LogP contribution in [0, 0.1) is 6.92 Å². The molecule has 0 aliphatic heterocycles. The Balaban J connectivity index is 2.05. The van der Waals surface area contributed by atoms with Crippen LogP contribution in [0.25, 0.3) is 0 Å². The molecule has 0 aromatic carbocycles. The maximum absolute atomic E-state index is 12.3. The molecule has 1 N–H and O–H groups in total. The molecule has 1 aliphatic rings. The van der Waals surface area contributed by atoms with Crippen molar-refractivity contribution in [2.24, 2.45) is 0 Å². The van der Waals surface area contributed by atoms with Gasteiger partial charge in [-0.2, -0.15) is 0 Å². The topological polar surface area (TPSA) is 29.9 Å². The predicted octanol–water partition coefficient (Wildman–Crippen LogP) is 2.81. The third kappa shape index (κ3) is 2.71. The van der Waals surface area contributed by atoms with E-state index >= 15 is 0 Å². The number of halogens is 2. The molecule has 1 fully saturated rings. The first-order valence-electron chi connectivity index (χ1n) is 5.73. The number of nitrogens with one attached hydrogen (secondary N) is 1. The third-order valence-electron chi connectivity index (χ3n) is 2.92. The van der Waals surface area contributed by atoms with Crippen molar-refractivity contribution in [1.82, 2.24) is 9.55 Å². The summed E-state index contributed by atoms with van der Waals surface area (Å²) in [6, 6.07) is 0.401. The van der Waals surface area contributed by atoms with E-state index in [0.717, 1.165) is 18.5 Å². The van der Waals surface area contributed by atoms with Crippen molar-refractivity contribution in [1.29, 1.82) is 0 Å². The Morgan fingerprint density at radius 3 is 2.81 bits per heavy atom. The monoisotopic (exact) mass is 229 g/mol. The zero-order chi connectivity index (χ0) is 11.5. The smallest absolute Gasteiger partial charge is 0.256 e. The van der Waals surface area contributed by atoms with Crippen molar-refractivity contribution >= 4 is 5.95 Å². The van der Waals surface area contributed by atoms with E-state index in [4.69, 9.17) is 0 Å². The van der Waals surface area contributed by atoms with Crippen LogP contribution in [0.1, 0.15) is 31.4 Å². The Hall–Kier alpha value is -1.13. The van der Waals surface area contributed by atoms with Crippen LogP contribution in [0.15, 0.2) is 6.20 Å². The minimum Gasteiger partial charge on any atom is -0.353 e. The average molecular weight is 229 g/mol. The largest absolute Gasteiger partial charge is 0.353 e. The Morgan fingerprint density at radius 2 is 2.19 bits per heavy atom. The van der Waals surface area contributed by atoms with Gasteiger partial charge in [0, 0.05) is 12.2 Å². The van der Waals surface area contributed by atoms with E-state index in [9.17, 15) is 8.78 Å². The van der Waals surface area contributed by atoms with Crippen molar-refractivity contribution in [3.8, 4) is 0 Å². The fourth-order valence-corrected chi connectivity index (χ4v) is 2.20. The first-order chi connectivity index (χ1) is 7.65. The zero-order valence-corrected chi connectivity index (χ0v) is 9.42. The molecule has 0 saturated heterocycles. The van der Waals surface area contributed by atoms with Gasteiger partial charge in [-0.05, 0) is 19.8 Å². The van der Waals surface area contributed by atoms with Gasteiger partial charge >= 0.3 is 0 Å². The highest BCUT2D eigenvalue weighted by molar-refractivity contribution is 5.30. The van der Waals surface area contributed by atoms with Crippen LogP contribution >= 0.6 is 0 Å². The summed E-state index contributed by atoms with van der Waals surface area (Å²) >= 11 is 0. The molecule has 1 heterocycles. The molecule has 0 amide bonds. The van der Waals surface area contributed by atoms with Crippen molar-refractivity contribution in [3.05, 3.63) is 11.9 Å². The van der Waals surface area contributed by atoms with Crippen molar-refractivity contribution < 1.29 is 8.78 Å². The van der Waals surface area contributed by atoms with Crippen molar-refractivity contribution in [3.63, 3.8) is 0 Å². The molecule has 16 heavy (non-hydrogen) atoms. The fraction of sp³-hybridized carbons (Fsp3) is 0.727. The van der Waals surface area contributed by atoms with Gasteiger partial charge in [0.25, 0.3) is 6.43 Å². The second kappa shape index (κ2) is 4.80. The lowest BCUT2D eigenvalue weighted by molar-refractivity contribution is 0.127. The van der Waals surface area contributed by atoms with Crippen LogP contribution in [0.5, 0.6) is 0 Å². The van der Waals surface area contributed by atoms with E-state index < -0.39 is 6.43 Å². The van der Waals surface area contributed by atoms with Gasteiger partial charge in [0.1, 0.15) is 0 Å². The highest BCUT2D eigenvalue weighted by Gasteiger charge is 2.18. The molecule has 0 atom stereocenters. The number of hydrogen-bond donors (Lipinski definition) is 1. The molecule has 0 radical (unpaired) electrons. The van der Waals surface area contributed by atoms with Crippen LogP contribution in [0.3, 0.4) is 0 Å². The third-order valence-corrected chi connectivity index (χ3v) is 2.92. The number of rotatable bonds is 4. The fourth-order valence-electron chi connectivity index (χ4n) is 2.20. The van der Waals surface area contributed by atoms with Crippen LogP contribution in [0.4, 0.5) is 14.7 Å². The highest BCUT2D eigenvalue weighted by Crippen LogP contribution is 2.22. The number of hydrogen-bond acceptors (Lipinski definition) is 2. The molecule has 0 bridgehead atoms. The Kier molecular flexibility index (Phi) is 3.41. The molecule has 3 nitrogen and oxygen atoms in total. The van der Waals surface area contributed by atoms with Gasteiger partial charge in [-0.3, -0.25) is 0 Å².